The second-order valence-electron chi connectivity index (χ2n) is 5.52. The molecular formula is C15H34CaO3S. The van der Waals surface area contributed by atoms with Crippen LogP contribution in [0, 0.1) is 0 Å². The molecule has 0 heterocycles. The van der Waals surface area contributed by atoms with Gasteiger partial charge in [-0.15, -0.1) is 0 Å². The van der Waals surface area contributed by atoms with E-state index < -0.39 is 15.4 Å². The standard InChI is InChI=1S/C15H32O3S.Ca.2H/c1-3-5-6-7-8-9-10-11-12-13-14-15(4-2)19(16,17)18;;;/h15H,3-14H2,1-2H3,(H,16,17,18);;;/q;+2;2*-1. The van der Waals surface area contributed by atoms with Crippen LogP contribution in [0.25, 0.3) is 0 Å². The molecule has 0 aromatic heterocycles. The minimum atomic E-state index is -3.83. The fourth-order valence-electron chi connectivity index (χ4n) is 2.42. The predicted molar refractivity (Wildman–Crippen MR) is 90.1 cm³/mol. The Morgan fingerprint density at radius 3 is 1.60 bits per heavy atom. The third kappa shape index (κ3) is 14.1. The smallest absolute Gasteiger partial charge is 1.00 e. The maximum absolute atomic E-state index is 11.0. The molecule has 0 aromatic rings. The van der Waals surface area contributed by atoms with E-state index in [2.05, 4.69) is 6.92 Å². The molecule has 0 aliphatic carbocycles. The molecule has 0 aliphatic rings. The Morgan fingerprint density at radius 2 is 1.25 bits per heavy atom. The van der Waals surface area contributed by atoms with E-state index in [1.165, 1.54) is 51.4 Å². The van der Waals surface area contributed by atoms with Crippen molar-refractivity contribution in [2.45, 2.75) is 96.1 Å². The number of hydrogen-bond donors (Lipinski definition) is 1. The predicted octanol–water partition coefficient (Wildman–Crippen LogP) is 4.81. The van der Waals surface area contributed by atoms with Gasteiger partial charge in [-0.1, -0.05) is 78.1 Å². The Balaban J connectivity index is -0.000000540. The summed E-state index contributed by atoms with van der Waals surface area (Å²) in [6, 6.07) is 0. The fourth-order valence-corrected chi connectivity index (χ4v) is 3.31. The van der Waals surface area contributed by atoms with Crippen LogP contribution in [0.5, 0.6) is 0 Å². The molecular weight excluding hydrogens is 300 g/mol. The van der Waals surface area contributed by atoms with Crippen molar-refractivity contribution in [3.8, 4) is 0 Å². The third-order valence-electron chi connectivity index (χ3n) is 3.76. The minimum Gasteiger partial charge on any atom is -1.00 e. The topological polar surface area (TPSA) is 54.4 Å². The summed E-state index contributed by atoms with van der Waals surface area (Å²) in [4.78, 5) is 0. The summed E-state index contributed by atoms with van der Waals surface area (Å²) >= 11 is 0. The average Bonchev–Trinajstić information content (AvgIpc) is 2.34. The van der Waals surface area contributed by atoms with Crippen molar-refractivity contribution in [2.24, 2.45) is 0 Å². The fraction of sp³-hybridized carbons (Fsp3) is 1.00. The van der Waals surface area contributed by atoms with Crippen LogP contribution < -0.4 is 0 Å². The van der Waals surface area contributed by atoms with Crippen molar-refractivity contribution in [3.63, 3.8) is 0 Å². The monoisotopic (exact) mass is 334 g/mol. The van der Waals surface area contributed by atoms with Crippen LogP contribution in [-0.4, -0.2) is 56.0 Å². The molecule has 0 fully saturated rings. The molecule has 0 bridgehead atoms. The summed E-state index contributed by atoms with van der Waals surface area (Å²) in [6.07, 6.45) is 13.6. The first-order valence-corrected chi connectivity index (χ1v) is 9.49. The zero-order valence-corrected chi connectivity index (χ0v) is 16.5. The third-order valence-corrected chi connectivity index (χ3v) is 5.17. The maximum Gasteiger partial charge on any atom is 2.00 e. The molecule has 0 saturated heterocycles. The summed E-state index contributed by atoms with van der Waals surface area (Å²) in [5, 5.41) is -0.554. The Kier molecular flexibility index (Phi) is 17.7. The molecule has 3 nitrogen and oxygen atoms in total. The van der Waals surface area contributed by atoms with E-state index in [4.69, 9.17) is 4.55 Å². The van der Waals surface area contributed by atoms with Crippen molar-refractivity contribution < 1.29 is 15.8 Å². The van der Waals surface area contributed by atoms with E-state index in [1.807, 2.05) is 6.92 Å². The molecule has 1 N–H and O–H groups in total. The molecule has 120 valence electrons. The van der Waals surface area contributed by atoms with Gasteiger partial charge in [-0.25, -0.2) is 0 Å². The van der Waals surface area contributed by atoms with Gasteiger partial charge < -0.3 is 2.85 Å². The average molecular weight is 335 g/mol. The second kappa shape index (κ2) is 15.1. The normalized spacial score (nSPS) is 12.9. The van der Waals surface area contributed by atoms with E-state index >= 15 is 0 Å². The van der Waals surface area contributed by atoms with Crippen molar-refractivity contribution in [2.75, 3.05) is 0 Å². The van der Waals surface area contributed by atoms with E-state index in [9.17, 15) is 8.42 Å². The van der Waals surface area contributed by atoms with Crippen LogP contribution >= 0.6 is 0 Å². The molecule has 0 aromatic carbocycles. The summed E-state index contributed by atoms with van der Waals surface area (Å²) < 4.78 is 31.0. The van der Waals surface area contributed by atoms with Crippen LogP contribution in [-0.2, 0) is 10.1 Å². The van der Waals surface area contributed by atoms with Crippen LogP contribution in [0.2, 0.25) is 0 Å². The van der Waals surface area contributed by atoms with Gasteiger partial charge in [0.25, 0.3) is 10.1 Å². The molecule has 0 spiro atoms. The van der Waals surface area contributed by atoms with Crippen LogP contribution in [0.1, 0.15) is 93.8 Å². The summed E-state index contributed by atoms with van der Waals surface area (Å²) in [7, 11) is -3.83. The molecule has 1 atom stereocenters. The Hall–Kier alpha value is 1.17. The van der Waals surface area contributed by atoms with Crippen LogP contribution in [0.15, 0.2) is 0 Å². The summed E-state index contributed by atoms with van der Waals surface area (Å²) in [5.74, 6) is 0. The van der Waals surface area contributed by atoms with Crippen molar-refractivity contribution in [1.82, 2.24) is 0 Å². The molecule has 5 heteroatoms. The largest absolute Gasteiger partial charge is 2.00 e. The van der Waals surface area contributed by atoms with Crippen LogP contribution in [0.4, 0.5) is 0 Å². The maximum atomic E-state index is 11.0. The molecule has 20 heavy (non-hydrogen) atoms. The Labute approximate surface area is 159 Å². The molecule has 0 amide bonds. The van der Waals surface area contributed by atoms with Gasteiger partial charge in [-0.05, 0) is 12.8 Å². The first-order chi connectivity index (χ1) is 9.02. The van der Waals surface area contributed by atoms with Gasteiger partial charge in [0.15, 0.2) is 0 Å². The number of hydrogen-bond acceptors (Lipinski definition) is 2. The zero-order chi connectivity index (χ0) is 14.6. The Bertz CT molecular complexity index is 301. The van der Waals surface area contributed by atoms with E-state index in [0.717, 1.165) is 12.8 Å². The van der Waals surface area contributed by atoms with Gasteiger partial charge in [-0.2, -0.15) is 8.42 Å². The quantitative estimate of drug-likeness (QED) is 0.299. The minimum absolute atomic E-state index is 0. The first kappa shape index (κ1) is 23.4. The molecule has 0 aliphatic heterocycles. The van der Waals surface area contributed by atoms with E-state index in [-0.39, 0.29) is 40.6 Å². The SMILES string of the molecule is CCCCCCCCCCCCC(CC)S(=O)(=O)O.[Ca+2].[H-].[H-]. The summed E-state index contributed by atoms with van der Waals surface area (Å²) in [6.45, 7) is 4.05. The van der Waals surface area contributed by atoms with Crippen molar-refractivity contribution in [3.05, 3.63) is 0 Å². The second-order valence-corrected chi connectivity index (χ2v) is 7.21. The number of rotatable bonds is 13. The Morgan fingerprint density at radius 1 is 0.850 bits per heavy atom. The molecule has 1 unspecified atom stereocenters. The molecule has 0 saturated carbocycles. The van der Waals surface area contributed by atoms with Gasteiger partial charge in [0.1, 0.15) is 0 Å². The molecule has 0 radical (unpaired) electrons. The van der Waals surface area contributed by atoms with E-state index in [1.54, 1.807) is 0 Å². The van der Waals surface area contributed by atoms with Gasteiger partial charge >= 0.3 is 37.7 Å². The van der Waals surface area contributed by atoms with Crippen LogP contribution in [0.3, 0.4) is 0 Å². The van der Waals surface area contributed by atoms with Gasteiger partial charge in [-0.3, -0.25) is 4.55 Å². The number of unbranched alkanes of at least 4 members (excludes halogenated alkanes) is 9. The summed E-state index contributed by atoms with van der Waals surface area (Å²) in [5.41, 5.74) is 0. The van der Waals surface area contributed by atoms with Gasteiger partial charge in [0.05, 0.1) is 5.25 Å². The van der Waals surface area contributed by atoms with Crippen molar-refractivity contribution in [1.29, 1.82) is 0 Å². The molecule has 0 rings (SSSR count). The van der Waals surface area contributed by atoms with Gasteiger partial charge in [0.2, 0.25) is 0 Å². The first-order valence-electron chi connectivity index (χ1n) is 7.98. The van der Waals surface area contributed by atoms with Crippen molar-refractivity contribution >= 4 is 47.9 Å². The zero-order valence-electron chi connectivity index (χ0n) is 15.4. The van der Waals surface area contributed by atoms with E-state index in [0.29, 0.717) is 12.8 Å². The van der Waals surface area contributed by atoms with Gasteiger partial charge in [0, 0.05) is 0 Å².